The molecule has 1 aliphatic rings. The first-order chi connectivity index (χ1) is 10.1. The maximum Gasteiger partial charge on any atom is 0.231 e. The third-order valence-electron chi connectivity index (χ3n) is 3.52. The Labute approximate surface area is 128 Å². The van der Waals surface area contributed by atoms with Crippen molar-refractivity contribution in [3.63, 3.8) is 0 Å². The number of benzene rings is 1. The second-order valence-corrected chi connectivity index (χ2v) is 5.12. The lowest BCUT2D eigenvalue weighted by molar-refractivity contribution is -0.120. The molecule has 1 aliphatic heterocycles. The van der Waals surface area contributed by atoms with E-state index in [9.17, 15) is 4.79 Å². The van der Waals surface area contributed by atoms with Gasteiger partial charge in [0.2, 0.25) is 5.91 Å². The molecule has 2 N–H and O–H groups in total. The SMILES string of the molecule is CNC1COCC1C(=O)Nc1cc(OC)c(Cl)cc1OC. The summed E-state index contributed by atoms with van der Waals surface area (Å²) in [6, 6.07) is 3.25. The number of rotatable bonds is 5. The summed E-state index contributed by atoms with van der Waals surface area (Å²) in [6.45, 7) is 0.917. The molecule has 0 aliphatic carbocycles. The van der Waals surface area contributed by atoms with E-state index < -0.39 is 0 Å². The van der Waals surface area contributed by atoms with Crippen LogP contribution in [0.1, 0.15) is 0 Å². The van der Waals surface area contributed by atoms with Crippen molar-refractivity contribution >= 4 is 23.2 Å². The molecule has 0 radical (unpaired) electrons. The van der Waals surface area contributed by atoms with E-state index in [1.165, 1.54) is 14.2 Å². The Morgan fingerprint density at radius 3 is 2.62 bits per heavy atom. The second-order valence-electron chi connectivity index (χ2n) is 4.72. The Morgan fingerprint density at radius 1 is 1.29 bits per heavy atom. The Balaban J connectivity index is 2.20. The highest BCUT2D eigenvalue weighted by Crippen LogP contribution is 2.36. The van der Waals surface area contributed by atoms with Crippen LogP contribution in [0.4, 0.5) is 5.69 Å². The fourth-order valence-corrected chi connectivity index (χ4v) is 2.51. The minimum atomic E-state index is -0.249. The van der Waals surface area contributed by atoms with Crippen molar-refractivity contribution in [1.29, 1.82) is 0 Å². The Morgan fingerprint density at radius 2 is 2.00 bits per heavy atom. The molecule has 0 aromatic heterocycles. The van der Waals surface area contributed by atoms with Gasteiger partial charge < -0.3 is 24.8 Å². The van der Waals surface area contributed by atoms with Crippen LogP contribution in [0.3, 0.4) is 0 Å². The monoisotopic (exact) mass is 314 g/mol. The number of hydrogen-bond donors (Lipinski definition) is 2. The number of carbonyl (C=O) groups excluding carboxylic acids is 1. The molecule has 6 nitrogen and oxygen atoms in total. The summed E-state index contributed by atoms with van der Waals surface area (Å²) >= 11 is 6.04. The Bertz CT molecular complexity index is 524. The number of halogens is 1. The first kappa shape index (κ1) is 15.9. The van der Waals surface area contributed by atoms with E-state index in [0.717, 1.165) is 0 Å². The van der Waals surface area contributed by atoms with Gasteiger partial charge in [0, 0.05) is 18.2 Å². The van der Waals surface area contributed by atoms with Gasteiger partial charge in [-0.25, -0.2) is 0 Å². The highest BCUT2D eigenvalue weighted by Gasteiger charge is 2.33. The minimum absolute atomic E-state index is 0.00481. The molecule has 0 spiro atoms. The van der Waals surface area contributed by atoms with E-state index in [2.05, 4.69) is 10.6 Å². The van der Waals surface area contributed by atoms with Gasteiger partial charge in [0.15, 0.2) is 0 Å². The number of hydrogen-bond acceptors (Lipinski definition) is 5. The summed E-state index contributed by atoms with van der Waals surface area (Å²) in [6.07, 6.45) is 0. The van der Waals surface area contributed by atoms with E-state index in [0.29, 0.717) is 35.4 Å². The van der Waals surface area contributed by atoms with Crippen molar-refractivity contribution in [3.8, 4) is 11.5 Å². The molecule has 21 heavy (non-hydrogen) atoms. The van der Waals surface area contributed by atoms with Crippen molar-refractivity contribution in [2.24, 2.45) is 5.92 Å². The molecule has 1 fully saturated rings. The summed E-state index contributed by atoms with van der Waals surface area (Å²) in [7, 11) is 4.84. The van der Waals surface area contributed by atoms with Gasteiger partial charge in [-0.1, -0.05) is 11.6 Å². The number of anilines is 1. The molecule has 0 saturated carbocycles. The van der Waals surface area contributed by atoms with Crippen LogP contribution in [0.5, 0.6) is 11.5 Å². The molecule has 2 unspecified atom stereocenters. The first-order valence-corrected chi connectivity index (χ1v) is 6.96. The molecule has 1 saturated heterocycles. The lowest BCUT2D eigenvalue weighted by Gasteiger charge is -2.18. The fourth-order valence-electron chi connectivity index (χ4n) is 2.28. The molecule has 1 aromatic rings. The normalized spacial score (nSPS) is 21.1. The largest absolute Gasteiger partial charge is 0.495 e. The van der Waals surface area contributed by atoms with Gasteiger partial charge in [-0.05, 0) is 7.05 Å². The number of ether oxygens (including phenoxy) is 3. The highest BCUT2D eigenvalue weighted by atomic mass is 35.5. The van der Waals surface area contributed by atoms with Gasteiger partial charge in [0.25, 0.3) is 0 Å². The summed E-state index contributed by atoms with van der Waals surface area (Å²) in [4.78, 5) is 12.4. The van der Waals surface area contributed by atoms with Gasteiger partial charge in [0.1, 0.15) is 11.5 Å². The summed E-state index contributed by atoms with van der Waals surface area (Å²) in [5.74, 6) is 0.575. The average Bonchev–Trinajstić information content (AvgIpc) is 2.97. The first-order valence-electron chi connectivity index (χ1n) is 6.58. The number of amides is 1. The average molecular weight is 315 g/mol. The summed E-state index contributed by atoms with van der Waals surface area (Å²) < 4.78 is 15.7. The Hall–Kier alpha value is -1.50. The molecule has 116 valence electrons. The number of methoxy groups -OCH3 is 2. The number of carbonyl (C=O) groups is 1. The van der Waals surface area contributed by atoms with Gasteiger partial charge >= 0.3 is 0 Å². The molecule has 7 heteroatoms. The van der Waals surface area contributed by atoms with Crippen LogP contribution in [0, 0.1) is 5.92 Å². The van der Waals surface area contributed by atoms with E-state index in [4.69, 9.17) is 25.8 Å². The van der Waals surface area contributed by atoms with Crippen LogP contribution in [-0.2, 0) is 9.53 Å². The van der Waals surface area contributed by atoms with Crippen molar-refractivity contribution in [2.75, 3.05) is 39.8 Å². The van der Waals surface area contributed by atoms with Crippen molar-refractivity contribution in [1.82, 2.24) is 5.32 Å². The van der Waals surface area contributed by atoms with E-state index >= 15 is 0 Å². The number of nitrogens with one attached hydrogen (secondary N) is 2. The van der Waals surface area contributed by atoms with Gasteiger partial charge in [-0.15, -0.1) is 0 Å². The van der Waals surface area contributed by atoms with E-state index in [1.807, 2.05) is 7.05 Å². The smallest absolute Gasteiger partial charge is 0.231 e. The summed E-state index contributed by atoms with van der Waals surface area (Å²) in [5.41, 5.74) is 0.519. The highest BCUT2D eigenvalue weighted by molar-refractivity contribution is 6.32. The van der Waals surface area contributed by atoms with Gasteiger partial charge in [0.05, 0.1) is 44.1 Å². The van der Waals surface area contributed by atoms with Crippen molar-refractivity contribution in [3.05, 3.63) is 17.2 Å². The van der Waals surface area contributed by atoms with Crippen molar-refractivity contribution in [2.45, 2.75) is 6.04 Å². The second kappa shape index (κ2) is 6.98. The zero-order valence-corrected chi connectivity index (χ0v) is 13.0. The fraction of sp³-hybridized carbons (Fsp3) is 0.500. The molecule has 1 aromatic carbocycles. The van der Waals surface area contributed by atoms with Crippen LogP contribution >= 0.6 is 11.6 Å². The number of likely N-dealkylation sites (N-methyl/N-ethyl adjacent to an activating group) is 1. The third kappa shape index (κ3) is 3.40. The maximum atomic E-state index is 12.4. The molecule has 2 rings (SSSR count). The molecule has 1 heterocycles. The molecule has 0 bridgehead atoms. The topological polar surface area (TPSA) is 68.8 Å². The standard InChI is InChI=1S/C14H19ClN2O4/c1-16-11-7-21-6-8(11)14(18)17-10-5-12(19-2)9(15)4-13(10)20-3/h4-5,8,11,16H,6-7H2,1-3H3,(H,17,18). The van der Waals surface area contributed by atoms with Crippen LogP contribution in [0.25, 0.3) is 0 Å². The molecule has 1 amide bonds. The predicted octanol–water partition coefficient (Wildman–Crippen LogP) is 1.53. The third-order valence-corrected chi connectivity index (χ3v) is 3.82. The quantitative estimate of drug-likeness (QED) is 0.862. The molecule has 2 atom stereocenters. The Kier molecular flexibility index (Phi) is 5.27. The summed E-state index contributed by atoms with van der Waals surface area (Å²) in [5, 5.41) is 6.35. The zero-order chi connectivity index (χ0) is 15.4. The van der Waals surface area contributed by atoms with Crippen LogP contribution < -0.4 is 20.1 Å². The van der Waals surface area contributed by atoms with Gasteiger partial charge in [-0.3, -0.25) is 4.79 Å². The predicted molar refractivity (Wildman–Crippen MR) is 80.3 cm³/mol. The lowest BCUT2D eigenvalue weighted by Crippen LogP contribution is -2.39. The maximum absolute atomic E-state index is 12.4. The van der Waals surface area contributed by atoms with Crippen LogP contribution in [0.15, 0.2) is 12.1 Å². The van der Waals surface area contributed by atoms with Crippen LogP contribution in [-0.4, -0.2) is 46.4 Å². The minimum Gasteiger partial charge on any atom is -0.495 e. The van der Waals surface area contributed by atoms with Crippen LogP contribution in [0.2, 0.25) is 5.02 Å². The molecular formula is C14H19ClN2O4. The zero-order valence-electron chi connectivity index (χ0n) is 12.2. The van der Waals surface area contributed by atoms with E-state index in [1.54, 1.807) is 12.1 Å². The molecular weight excluding hydrogens is 296 g/mol. The van der Waals surface area contributed by atoms with Crippen molar-refractivity contribution < 1.29 is 19.0 Å². The van der Waals surface area contributed by atoms with E-state index in [-0.39, 0.29) is 17.9 Å². The van der Waals surface area contributed by atoms with Gasteiger partial charge in [-0.2, -0.15) is 0 Å². The lowest BCUT2D eigenvalue weighted by atomic mass is 10.0.